The maximum absolute atomic E-state index is 13.4. The van der Waals surface area contributed by atoms with Crippen LogP contribution in [-0.4, -0.2) is 39.4 Å². The van der Waals surface area contributed by atoms with E-state index in [-0.39, 0.29) is 23.9 Å². The van der Waals surface area contributed by atoms with Gasteiger partial charge in [-0.2, -0.15) is 0 Å². The predicted molar refractivity (Wildman–Crippen MR) is 114 cm³/mol. The third kappa shape index (κ3) is 4.84. The molecule has 3 rings (SSSR count). The summed E-state index contributed by atoms with van der Waals surface area (Å²) >= 11 is 0. The monoisotopic (exact) mass is 416 g/mol. The molecule has 2 amide bonds. The van der Waals surface area contributed by atoms with Crippen LogP contribution in [0.5, 0.6) is 11.5 Å². The second kappa shape index (κ2) is 9.80. The van der Waals surface area contributed by atoms with E-state index in [4.69, 9.17) is 9.47 Å². The van der Waals surface area contributed by atoms with Crippen molar-refractivity contribution < 1.29 is 23.6 Å². The maximum atomic E-state index is 13.4. The summed E-state index contributed by atoms with van der Waals surface area (Å²) in [7, 11) is 3.26. The summed E-state index contributed by atoms with van der Waals surface area (Å²) < 4.78 is 24.4. The molecule has 0 fully saturated rings. The first-order chi connectivity index (χ1) is 14.5. The highest BCUT2D eigenvalue weighted by molar-refractivity contribution is 5.74. The molecular weight excluding hydrogens is 385 g/mol. The molecule has 162 valence electrons. The summed E-state index contributed by atoms with van der Waals surface area (Å²) in [5, 5.41) is 5.88. The van der Waals surface area contributed by atoms with Gasteiger partial charge in [0.15, 0.2) is 11.5 Å². The van der Waals surface area contributed by atoms with Crippen LogP contribution in [0.1, 0.15) is 36.6 Å². The van der Waals surface area contributed by atoms with Gasteiger partial charge in [-0.1, -0.05) is 12.1 Å². The van der Waals surface area contributed by atoms with E-state index in [1.165, 1.54) is 22.6 Å². The molecule has 3 atom stereocenters. The standard InChI is InChI=1S/C23H30FN3O3/c1-5-25-23(28)26-15(2)22-19-13-21(30-4)20(29-3)12-17(19)10-11-27(22)14-16-6-8-18(24)9-7-16/h6-9,12-13,15,22H,5,10-11,14H2,1-4H3,(H2,25,26,28)/p+1/t15-,22-/m1/s1. The number of ether oxygens (including phenoxy) is 2. The number of nitrogens with one attached hydrogen (secondary N) is 3. The first-order valence-corrected chi connectivity index (χ1v) is 10.3. The summed E-state index contributed by atoms with van der Waals surface area (Å²) in [4.78, 5) is 13.5. The number of amides is 2. The van der Waals surface area contributed by atoms with Gasteiger partial charge < -0.3 is 25.0 Å². The largest absolute Gasteiger partial charge is 0.493 e. The lowest BCUT2D eigenvalue weighted by atomic mass is 9.87. The van der Waals surface area contributed by atoms with Crippen molar-refractivity contribution in [2.24, 2.45) is 0 Å². The molecule has 1 heterocycles. The van der Waals surface area contributed by atoms with E-state index < -0.39 is 0 Å². The first kappa shape index (κ1) is 21.9. The topological polar surface area (TPSA) is 64.0 Å². The number of carbonyl (C=O) groups excluding carboxylic acids is 1. The average Bonchev–Trinajstić information content (AvgIpc) is 2.74. The smallest absolute Gasteiger partial charge is 0.315 e. The second-order valence-electron chi connectivity index (χ2n) is 7.64. The zero-order chi connectivity index (χ0) is 21.7. The summed E-state index contributed by atoms with van der Waals surface area (Å²) in [5.74, 6) is 1.15. The third-order valence-electron chi connectivity index (χ3n) is 5.68. The van der Waals surface area contributed by atoms with E-state index in [1.807, 2.05) is 38.1 Å². The van der Waals surface area contributed by atoms with E-state index in [1.54, 1.807) is 14.2 Å². The van der Waals surface area contributed by atoms with Crippen LogP contribution >= 0.6 is 0 Å². The van der Waals surface area contributed by atoms with Crippen molar-refractivity contribution in [3.05, 3.63) is 58.9 Å². The Morgan fingerprint density at radius 3 is 2.50 bits per heavy atom. The third-order valence-corrected chi connectivity index (χ3v) is 5.68. The number of carbonyl (C=O) groups is 1. The number of hydrogen-bond acceptors (Lipinski definition) is 3. The van der Waals surface area contributed by atoms with E-state index in [2.05, 4.69) is 10.6 Å². The average molecular weight is 417 g/mol. The van der Waals surface area contributed by atoms with E-state index in [0.29, 0.717) is 18.0 Å². The van der Waals surface area contributed by atoms with Crippen LogP contribution in [0, 0.1) is 5.82 Å². The van der Waals surface area contributed by atoms with Gasteiger partial charge in [0.25, 0.3) is 0 Å². The normalized spacial score (nSPS) is 18.8. The van der Waals surface area contributed by atoms with Crippen molar-refractivity contribution in [3.63, 3.8) is 0 Å². The lowest BCUT2D eigenvalue weighted by Gasteiger charge is -2.38. The zero-order valence-corrected chi connectivity index (χ0v) is 18.0. The number of hydrogen-bond donors (Lipinski definition) is 3. The number of fused-ring (bicyclic) bond motifs is 1. The lowest BCUT2D eigenvalue weighted by Crippen LogP contribution is -3.13. The lowest BCUT2D eigenvalue weighted by molar-refractivity contribution is -0.948. The highest BCUT2D eigenvalue weighted by Crippen LogP contribution is 2.35. The number of methoxy groups -OCH3 is 2. The second-order valence-corrected chi connectivity index (χ2v) is 7.64. The van der Waals surface area contributed by atoms with Gasteiger partial charge in [0.1, 0.15) is 18.4 Å². The van der Waals surface area contributed by atoms with Crippen LogP contribution in [0.25, 0.3) is 0 Å². The van der Waals surface area contributed by atoms with Crippen LogP contribution in [0.4, 0.5) is 9.18 Å². The molecule has 0 aromatic heterocycles. The Kier molecular flexibility index (Phi) is 7.15. The van der Waals surface area contributed by atoms with Crippen LogP contribution < -0.4 is 25.0 Å². The summed E-state index contributed by atoms with van der Waals surface area (Å²) in [5.41, 5.74) is 3.40. The Morgan fingerprint density at radius 1 is 1.20 bits per heavy atom. The molecule has 0 spiro atoms. The van der Waals surface area contributed by atoms with Crippen molar-refractivity contribution in [2.75, 3.05) is 27.3 Å². The van der Waals surface area contributed by atoms with Crippen LogP contribution in [-0.2, 0) is 13.0 Å². The van der Waals surface area contributed by atoms with Crippen molar-refractivity contribution in [1.29, 1.82) is 0 Å². The maximum Gasteiger partial charge on any atom is 0.315 e. The van der Waals surface area contributed by atoms with Gasteiger partial charge in [-0.3, -0.25) is 0 Å². The molecule has 1 aliphatic rings. The fraction of sp³-hybridized carbons (Fsp3) is 0.435. The Labute approximate surface area is 177 Å². The molecule has 3 N–H and O–H groups in total. The summed E-state index contributed by atoms with van der Waals surface area (Å²) in [6.45, 7) is 6.11. The minimum absolute atomic E-state index is 0.0150. The molecule has 0 radical (unpaired) electrons. The molecule has 2 aromatic rings. The fourth-order valence-corrected chi connectivity index (χ4v) is 4.30. The highest BCUT2D eigenvalue weighted by atomic mass is 19.1. The van der Waals surface area contributed by atoms with Gasteiger partial charge in [0, 0.05) is 24.1 Å². The van der Waals surface area contributed by atoms with E-state index in [0.717, 1.165) is 30.6 Å². The molecule has 6 nitrogen and oxygen atoms in total. The predicted octanol–water partition coefficient (Wildman–Crippen LogP) is 2.23. The van der Waals surface area contributed by atoms with Crippen molar-refractivity contribution in [2.45, 2.75) is 38.9 Å². The fourth-order valence-electron chi connectivity index (χ4n) is 4.30. The van der Waals surface area contributed by atoms with Gasteiger partial charge >= 0.3 is 6.03 Å². The summed E-state index contributed by atoms with van der Waals surface area (Å²) in [6.07, 6.45) is 0.886. The SMILES string of the molecule is CCNC(=O)N[C@H](C)[C@@H]1c2cc(OC)c(OC)cc2CC[NH+]1Cc1ccc(F)cc1. The van der Waals surface area contributed by atoms with Gasteiger partial charge in [0.2, 0.25) is 0 Å². The molecule has 1 unspecified atom stereocenters. The Morgan fingerprint density at radius 2 is 1.87 bits per heavy atom. The molecule has 2 aromatic carbocycles. The minimum Gasteiger partial charge on any atom is -0.493 e. The number of rotatable bonds is 7. The van der Waals surface area contributed by atoms with E-state index in [9.17, 15) is 9.18 Å². The number of benzene rings is 2. The van der Waals surface area contributed by atoms with Gasteiger partial charge in [-0.15, -0.1) is 0 Å². The molecule has 0 aliphatic carbocycles. The van der Waals surface area contributed by atoms with Gasteiger partial charge in [-0.05, 0) is 43.7 Å². The minimum atomic E-state index is -0.239. The highest BCUT2D eigenvalue weighted by Gasteiger charge is 2.37. The van der Waals surface area contributed by atoms with Crippen molar-refractivity contribution >= 4 is 6.03 Å². The van der Waals surface area contributed by atoms with Crippen LogP contribution in [0.15, 0.2) is 36.4 Å². The van der Waals surface area contributed by atoms with Crippen LogP contribution in [0.2, 0.25) is 0 Å². The molecule has 7 heteroatoms. The van der Waals surface area contributed by atoms with Gasteiger partial charge in [0.05, 0.1) is 26.8 Å². The van der Waals surface area contributed by atoms with Crippen molar-refractivity contribution in [1.82, 2.24) is 10.6 Å². The Bertz CT molecular complexity index is 873. The number of halogens is 1. The zero-order valence-electron chi connectivity index (χ0n) is 18.0. The van der Waals surface area contributed by atoms with Crippen molar-refractivity contribution in [3.8, 4) is 11.5 Å². The Balaban J connectivity index is 1.96. The molecule has 0 saturated carbocycles. The number of quaternary nitrogens is 1. The molecule has 0 saturated heterocycles. The van der Waals surface area contributed by atoms with Gasteiger partial charge in [-0.25, -0.2) is 9.18 Å². The van der Waals surface area contributed by atoms with E-state index >= 15 is 0 Å². The summed E-state index contributed by atoms with van der Waals surface area (Å²) in [6, 6.07) is 10.4. The number of urea groups is 1. The molecule has 30 heavy (non-hydrogen) atoms. The quantitative estimate of drug-likeness (QED) is 0.649. The molecular formula is C23H31FN3O3+. The Hall–Kier alpha value is -2.80. The molecule has 1 aliphatic heterocycles. The first-order valence-electron chi connectivity index (χ1n) is 10.3. The van der Waals surface area contributed by atoms with Crippen LogP contribution in [0.3, 0.4) is 0 Å². The molecule has 0 bridgehead atoms.